The van der Waals surface area contributed by atoms with E-state index in [0.29, 0.717) is 94.4 Å². The highest BCUT2D eigenvalue weighted by Gasteiger charge is 2.27. The number of rotatable bonds is 26. The number of amides is 3. The van der Waals surface area contributed by atoms with Gasteiger partial charge in [-0.1, -0.05) is 151 Å². The number of nitrogens with one attached hydrogen (secondary N) is 5. The number of carbonyl (C=O) groups is 3. The Morgan fingerprint density at radius 1 is 0.576 bits per heavy atom. The minimum absolute atomic E-state index is 0.0357. The Kier molecular flexibility index (Phi) is 23.8. The van der Waals surface area contributed by atoms with Crippen molar-refractivity contribution in [3.05, 3.63) is 241 Å². The number of halogens is 2. The molecule has 7 aromatic carbocycles. The van der Waals surface area contributed by atoms with Crippen LogP contribution < -0.4 is 24.2 Å². The van der Waals surface area contributed by atoms with Gasteiger partial charge in [0, 0.05) is 76.3 Å². The van der Waals surface area contributed by atoms with Gasteiger partial charge >= 0.3 is 0 Å². The highest BCUT2D eigenvalue weighted by Crippen LogP contribution is 2.30. The van der Waals surface area contributed by atoms with Crippen LogP contribution >= 0.6 is 23.2 Å². The molecule has 0 atom stereocenters. The third kappa shape index (κ3) is 18.8. The minimum Gasteiger partial charge on any atom is -0.494 e. The van der Waals surface area contributed by atoms with Gasteiger partial charge in [-0.15, -0.1) is 0 Å². The van der Waals surface area contributed by atoms with E-state index < -0.39 is 31.9 Å². The van der Waals surface area contributed by atoms with Crippen LogP contribution in [0.2, 0.25) is 10.0 Å². The topological polar surface area (TPSA) is 218 Å². The number of aromatic amines is 2. The summed E-state index contributed by atoms with van der Waals surface area (Å²) >= 11 is 12.6. The van der Waals surface area contributed by atoms with Gasteiger partial charge in [-0.25, -0.2) is 26.3 Å². The highest BCUT2D eigenvalue weighted by atomic mass is 35.5. The van der Waals surface area contributed by atoms with Gasteiger partial charge in [-0.3, -0.25) is 19.3 Å². The first-order valence-electron chi connectivity index (χ1n) is 30.5. The SMILES string of the molecule is Cc1cc(OCCCc2c(C(=O)NS(=O)(=O)CCN(C/C=C/c3ccccc3)C/C=C/c3ccccc3)[nH]c3ccccc23)cc(C)c1Cl.Cc1cc(OCCCc2c(C(=O)NS(=O)(=O)c3cccc(C(=O)NC4CCOCC4)c3)[nH]c3ccccc23)cc(C)c1Cl. The number of aromatic nitrogens is 2. The molecule has 1 fully saturated rings. The summed E-state index contributed by atoms with van der Waals surface area (Å²) in [4.78, 5) is 47.8. The number of benzene rings is 7. The van der Waals surface area contributed by atoms with E-state index in [0.717, 1.165) is 71.5 Å². The van der Waals surface area contributed by atoms with Gasteiger partial charge in [0.15, 0.2) is 0 Å². The molecule has 1 saturated heterocycles. The third-order valence-electron chi connectivity index (χ3n) is 15.6. The summed E-state index contributed by atoms with van der Waals surface area (Å²) in [7, 11) is -8.23. The van der Waals surface area contributed by atoms with Crippen LogP contribution in [0, 0.1) is 27.7 Å². The van der Waals surface area contributed by atoms with Crippen LogP contribution in [0.3, 0.4) is 0 Å². The number of ether oxygens (including phenoxy) is 3. The molecular formula is C72H76Cl2N6O10S2. The molecule has 0 radical (unpaired) electrons. The number of aryl methyl sites for hydroxylation is 6. The summed E-state index contributed by atoms with van der Waals surface area (Å²) in [6, 6.07) is 48.1. The Bertz CT molecular complexity index is 4240. The second-order valence-electron chi connectivity index (χ2n) is 22.7. The molecule has 5 N–H and O–H groups in total. The fraction of sp³-hybridized carbons (Fsp3) is 0.264. The summed E-state index contributed by atoms with van der Waals surface area (Å²) in [5, 5.41) is 6.07. The van der Waals surface area contributed by atoms with Gasteiger partial charge in [-0.2, -0.15) is 0 Å². The molecule has 3 heterocycles. The molecule has 3 amide bonds. The van der Waals surface area contributed by atoms with Crippen LogP contribution in [0.15, 0.2) is 175 Å². The van der Waals surface area contributed by atoms with E-state index in [1.165, 1.54) is 18.2 Å². The van der Waals surface area contributed by atoms with Crippen LogP contribution in [0.25, 0.3) is 34.0 Å². The first-order chi connectivity index (χ1) is 44.3. The lowest BCUT2D eigenvalue weighted by Gasteiger charge is -2.23. The standard InChI is InChI=1S/C40H42ClN3O4S.C32H34ClN3O6S/c1-30-28-34(29-31(2)38(30)41)48-26-13-21-36-35-20-9-10-22-37(35)42-39(36)40(45)43-49(46,47)27-25-44(23-11-18-32-14-5-3-6-15-32)24-12-19-33-16-7-4-8-17-33;1-20-17-24(18-21(2)29(20)33)42-14-6-10-27-26-9-3-4-11-28(26)35-30(27)32(38)36-43(39,40)25-8-5-7-22(19-25)31(37)34-23-12-15-41-16-13-23/h3-12,14-20,22,28-29,42H,13,21,23-27H2,1-2H3,(H,43,45);3-5,7-9,11,17-19,23,35H,6,10,12-16H2,1-2H3,(H,34,37)(H,36,38)/b18-11+,19-12+;. The Labute approximate surface area is 548 Å². The fourth-order valence-corrected chi connectivity index (χ4v) is 13.1. The summed E-state index contributed by atoms with van der Waals surface area (Å²) in [5.74, 6) is -0.614. The smallest absolute Gasteiger partial charge is 0.281 e. The Hall–Kier alpha value is -8.49. The van der Waals surface area contributed by atoms with E-state index in [-0.39, 0.29) is 46.1 Å². The molecule has 2 aromatic heterocycles. The second kappa shape index (κ2) is 32.2. The Morgan fingerprint density at radius 2 is 1.03 bits per heavy atom. The average Bonchev–Trinajstić information content (AvgIpc) is 1.64. The van der Waals surface area contributed by atoms with Crippen molar-refractivity contribution in [2.75, 3.05) is 51.8 Å². The number of para-hydroxylation sites is 2. The van der Waals surface area contributed by atoms with Gasteiger partial charge < -0.3 is 29.5 Å². The molecule has 0 saturated carbocycles. The van der Waals surface area contributed by atoms with Gasteiger partial charge in [0.05, 0.1) is 23.9 Å². The van der Waals surface area contributed by atoms with E-state index in [1.807, 2.05) is 190 Å². The maximum Gasteiger partial charge on any atom is 0.281 e. The van der Waals surface area contributed by atoms with Crippen molar-refractivity contribution in [3.63, 3.8) is 0 Å². The summed E-state index contributed by atoms with van der Waals surface area (Å²) < 4.78 is 74.9. The zero-order valence-electron chi connectivity index (χ0n) is 51.9. The number of nitrogens with zero attached hydrogens (tertiary/aromatic N) is 1. The normalized spacial score (nSPS) is 12.9. The largest absolute Gasteiger partial charge is 0.494 e. The van der Waals surface area contributed by atoms with E-state index in [1.54, 1.807) is 6.07 Å². The van der Waals surface area contributed by atoms with Gasteiger partial charge in [0.25, 0.3) is 27.7 Å². The van der Waals surface area contributed by atoms with Crippen molar-refractivity contribution < 1.29 is 45.4 Å². The monoisotopic (exact) mass is 1320 g/mol. The molecule has 9 aromatic rings. The molecular weight excluding hydrogens is 1240 g/mol. The van der Waals surface area contributed by atoms with Crippen molar-refractivity contribution in [2.24, 2.45) is 0 Å². The number of hydrogen-bond acceptors (Lipinski definition) is 11. The molecule has 1 aliphatic heterocycles. The highest BCUT2D eigenvalue weighted by molar-refractivity contribution is 7.90. The van der Waals surface area contributed by atoms with Gasteiger partial charge in [-0.05, 0) is 165 Å². The number of H-pyrrole nitrogens is 2. The lowest BCUT2D eigenvalue weighted by atomic mass is 10.1. The van der Waals surface area contributed by atoms with Gasteiger partial charge in [0.2, 0.25) is 10.0 Å². The lowest BCUT2D eigenvalue weighted by molar-refractivity contribution is 0.0696. The number of carbonyl (C=O) groups excluding carboxylic acids is 3. The molecule has 0 spiro atoms. The third-order valence-corrected chi connectivity index (χ3v) is 19.4. The summed E-state index contributed by atoms with van der Waals surface area (Å²) in [5.41, 5.74) is 9.44. The van der Waals surface area contributed by atoms with Crippen LogP contribution in [-0.4, -0.2) is 107 Å². The molecule has 16 nitrogen and oxygen atoms in total. The average molecular weight is 1320 g/mol. The first kappa shape index (κ1) is 67.9. The molecule has 0 unspecified atom stereocenters. The summed E-state index contributed by atoms with van der Waals surface area (Å²) in [6.07, 6.45) is 11.7. The van der Waals surface area contributed by atoms with Crippen molar-refractivity contribution in [3.8, 4) is 11.5 Å². The molecule has 480 valence electrons. The lowest BCUT2D eigenvalue weighted by Crippen LogP contribution is -2.39. The van der Waals surface area contributed by atoms with Crippen molar-refractivity contribution in [2.45, 2.75) is 77.2 Å². The zero-order valence-corrected chi connectivity index (χ0v) is 55.0. The molecule has 0 bridgehead atoms. The molecule has 10 rings (SSSR count). The number of fused-ring (bicyclic) bond motifs is 2. The predicted octanol–water partition coefficient (Wildman–Crippen LogP) is 13.7. The van der Waals surface area contributed by atoms with Crippen LogP contribution in [0.1, 0.15) is 102 Å². The molecule has 0 aliphatic carbocycles. The molecule has 1 aliphatic rings. The van der Waals surface area contributed by atoms with E-state index in [4.69, 9.17) is 37.4 Å². The molecule has 92 heavy (non-hydrogen) atoms. The second-order valence-corrected chi connectivity index (χ2v) is 26.9. The molecule has 20 heteroatoms. The van der Waals surface area contributed by atoms with Crippen LogP contribution in [0.4, 0.5) is 0 Å². The van der Waals surface area contributed by atoms with E-state index in [9.17, 15) is 31.2 Å². The van der Waals surface area contributed by atoms with E-state index in [2.05, 4.69) is 24.7 Å². The van der Waals surface area contributed by atoms with E-state index >= 15 is 0 Å². The predicted molar refractivity (Wildman–Crippen MR) is 367 cm³/mol. The van der Waals surface area contributed by atoms with Crippen molar-refractivity contribution in [1.82, 2.24) is 29.6 Å². The minimum atomic E-state index is -4.28. The van der Waals surface area contributed by atoms with Crippen LogP contribution in [-0.2, 0) is 37.6 Å². The zero-order chi connectivity index (χ0) is 65.2. The maximum absolute atomic E-state index is 13.5. The van der Waals surface area contributed by atoms with Crippen LogP contribution in [0.5, 0.6) is 11.5 Å². The maximum atomic E-state index is 13.5. The quantitative estimate of drug-likeness (QED) is 0.0321. The summed E-state index contributed by atoms with van der Waals surface area (Å²) in [6.45, 7) is 11.0. The first-order valence-corrected chi connectivity index (χ1v) is 34.4. The van der Waals surface area contributed by atoms with Crippen molar-refractivity contribution in [1.29, 1.82) is 0 Å². The Morgan fingerprint density at radius 3 is 1.52 bits per heavy atom. The number of sulfonamides is 2. The number of hydrogen-bond donors (Lipinski definition) is 5. The van der Waals surface area contributed by atoms with Gasteiger partial charge in [0.1, 0.15) is 22.9 Å². The fourth-order valence-electron chi connectivity index (χ4n) is 10.9. The Balaban J connectivity index is 0.000000219. The van der Waals surface area contributed by atoms with Crippen molar-refractivity contribution >= 4 is 94.9 Å².